The van der Waals surface area contributed by atoms with Crippen molar-refractivity contribution in [2.45, 2.75) is 5.67 Å². The fourth-order valence-electron chi connectivity index (χ4n) is 4.13. The Morgan fingerprint density at radius 2 is 1.83 bits per heavy atom. The van der Waals surface area contributed by atoms with Crippen LogP contribution in [-0.4, -0.2) is 29.5 Å². The van der Waals surface area contributed by atoms with Gasteiger partial charge in [-0.05, 0) is 35.9 Å². The Morgan fingerprint density at radius 3 is 2.51 bits per heavy atom. The van der Waals surface area contributed by atoms with E-state index in [-0.39, 0.29) is 16.8 Å². The monoisotopic (exact) mass is 484 g/mol. The van der Waals surface area contributed by atoms with Crippen LogP contribution >= 0.6 is 11.6 Å². The fraction of sp³-hybridized carbons (Fsp3) is 0.115. The molecule has 35 heavy (non-hydrogen) atoms. The molecule has 5 rings (SSSR count). The molecule has 172 valence electrons. The quantitative estimate of drug-likeness (QED) is 0.360. The van der Waals surface area contributed by atoms with E-state index in [0.29, 0.717) is 38.6 Å². The molecule has 0 spiro atoms. The SMILES string of the molecule is C#Cc1cccc(-c2cc(=O)n(C)c3ncc([C@](F)(c4ccc(Cl)cc4)c4cnnn4C)cc23)n1. The van der Waals surface area contributed by atoms with E-state index < -0.39 is 5.67 Å². The van der Waals surface area contributed by atoms with E-state index in [9.17, 15) is 4.79 Å². The van der Waals surface area contributed by atoms with E-state index in [2.05, 4.69) is 26.2 Å². The van der Waals surface area contributed by atoms with Gasteiger partial charge in [-0.15, -0.1) is 11.5 Å². The molecule has 0 unspecified atom stereocenters. The van der Waals surface area contributed by atoms with Crippen LogP contribution in [0, 0.1) is 12.3 Å². The van der Waals surface area contributed by atoms with Crippen LogP contribution in [0.2, 0.25) is 5.02 Å². The minimum atomic E-state index is -2.16. The zero-order chi connectivity index (χ0) is 24.7. The molecule has 0 saturated carbocycles. The van der Waals surface area contributed by atoms with Crippen LogP contribution in [0.1, 0.15) is 22.5 Å². The van der Waals surface area contributed by atoms with Crippen molar-refractivity contribution in [3.8, 4) is 23.6 Å². The lowest BCUT2D eigenvalue weighted by atomic mass is 9.85. The number of rotatable bonds is 4. The Kier molecular flexibility index (Phi) is 5.42. The smallest absolute Gasteiger partial charge is 0.252 e. The minimum Gasteiger partial charge on any atom is -0.296 e. The molecule has 1 aromatic carbocycles. The van der Waals surface area contributed by atoms with Gasteiger partial charge in [0, 0.05) is 47.9 Å². The van der Waals surface area contributed by atoms with Crippen molar-refractivity contribution in [2.24, 2.45) is 14.1 Å². The van der Waals surface area contributed by atoms with Crippen molar-refractivity contribution in [1.29, 1.82) is 0 Å². The molecule has 5 aromatic rings. The lowest BCUT2D eigenvalue weighted by molar-refractivity contribution is 0.263. The summed E-state index contributed by atoms with van der Waals surface area (Å²) < 4.78 is 20.1. The molecule has 0 aliphatic heterocycles. The maximum absolute atomic E-state index is 17.3. The van der Waals surface area contributed by atoms with Crippen LogP contribution in [0.5, 0.6) is 0 Å². The summed E-state index contributed by atoms with van der Waals surface area (Å²) in [6, 6.07) is 14.8. The number of halogens is 2. The normalized spacial score (nSPS) is 12.9. The molecular formula is C26H18ClFN6O. The standard InChI is InChI=1S/C26H18ClFN6O/c1-4-19-6-5-7-22(31-19)20-13-24(35)33(2)25-21(20)12-17(14-29-25)26(28,23-15-30-32-34(23)3)16-8-10-18(27)11-9-16/h1,5-15H,2-3H3/t26-/m1/s1. The predicted molar refractivity (Wildman–Crippen MR) is 132 cm³/mol. The molecule has 0 aliphatic rings. The summed E-state index contributed by atoms with van der Waals surface area (Å²) >= 11 is 6.07. The van der Waals surface area contributed by atoms with E-state index >= 15 is 4.39 Å². The minimum absolute atomic E-state index is 0.208. The summed E-state index contributed by atoms with van der Waals surface area (Å²) in [5.41, 5.74) is 0.104. The summed E-state index contributed by atoms with van der Waals surface area (Å²) in [5, 5.41) is 8.83. The number of nitrogens with zero attached hydrogens (tertiary/aromatic N) is 6. The van der Waals surface area contributed by atoms with Gasteiger partial charge in [0.2, 0.25) is 5.67 Å². The number of hydrogen-bond donors (Lipinski definition) is 0. The van der Waals surface area contributed by atoms with Gasteiger partial charge in [0.1, 0.15) is 17.0 Å². The van der Waals surface area contributed by atoms with Gasteiger partial charge in [-0.1, -0.05) is 40.9 Å². The summed E-state index contributed by atoms with van der Waals surface area (Å²) in [5.74, 6) is 2.50. The maximum atomic E-state index is 17.3. The topological polar surface area (TPSA) is 78.5 Å². The number of aromatic nitrogens is 6. The number of benzene rings is 1. The van der Waals surface area contributed by atoms with Crippen LogP contribution in [0.4, 0.5) is 4.39 Å². The van der Waals surface area contributed by atoms with Crippen molar-refractivity contribution in [3.63, 3.8) is 0 Å². The van der Waals surface area contributed by atoms with Crippen molar-refractivity contribution in [3.05, 3.63) is 105 Å². The van der Waals surface area contributed by atoms with Crippen molar-refractivity contribution in [2.75, 3.05) is 0 Å². The first kappa shape index (κ1) is 22.4. The van der Waals surface area contributed by atoms with E-state index in [1.54, 1.807) is 62.6 Å². The van der Waals surface area contributed by atoms with Crippen LogP contribution < -0.4 is 5.56 Å². The Bertz CT molecular complexity index is 1690. The van der Waals surface area contributed by atoms with Gasteiger partial charge in [-0.25, -0.2) is 19.0 Å². The van der Waals surface area contributed by atoms with Gasteiger partial charge in [0.25, 0.3) is 5.56 Å². The van der Waals surface area contributed by atoms with Crippen LogP contribution in [0.15, 0.2) is 71.8 Å². The predicted octanol–water partition coefficient (Wildman–Crippen LogP) is 4.02. The molecule has 0 saturated heterocycles. The average Bonchev–Trinajstić information content (AvgIpc) is 3.32. The largest absolute Gasteiger partial charge is 0.296 e. The number of terminal acetylenes is 1. The highest BCUT2D eigenvalue weighted by Gasteiger charge is 2.40. The molecule has 9 heteroatoms. The second-order valence-electron chi connectivity index (χ2n) is 8.01. The van der Waals surface area contributed by atoms with Gasteiger partial charge in [0.15, 0.2) is 0 Å². The van der Waals surface area contributed by atoms with Crippen molar-refractivity contribution in [1.82, 2.24) is 29.5 Å². The molecule has 4 heterocycles. The zero-order valence-electron chi connectivity index (χ0n) is 18.8. The van der Waals surface area contributed by atoms with Crippen LogP contribution in [-0.2, 0) is 19.8 Å². The number of alkyl halides is 1. The van der Waals surface area contributed by atoms with Gasteiger partial charge >= 0.3 is 0 Å². The fourth-order valence-corrected chi connectivity index (χ4v) is 4.26. The van der Waals surface area contributed by atoms with Gasteiger partial charge in [-0.3, -0.25) is 9.36 Å². The highest BCUT2D eigenvalue weighted by atomic mass is 35.5. The van der Waals surface area contributed by atoms with Crippen LogP contribution in [0.25, 0.3) is 22.3 Å². The molecule has 0 amide bonds. The number of hydrogen-bond acceptors (Lipinski definition) is 5. The Balaban J connectivity index is 1.84. The van der Waals surface area contributed by atoms with E-state index in [0.717, 1.165) is 0 Å². The number of aryl methyl sites for hydroxylation is 2. The molecule has 0 radical (unpaired) electrons. The molecule has 4 aromatic heterocycles. The van der Waals surface area contributed by atoms with Gasteiger partial charge in [-0.2, -0.15) is 0 Å². The first-order valence-electron chi connectivity index (χ1n) is 10.6. The maximum Gasteiger partial charge on any atom is 0.252 e. The first-order chi connectivity index (χ1) is 16.8. The summed E-state index contributed by atoms with van der Waals surface area (Å²) in [6.45, 7) is 0. The van der Waals surface area contributed by atoms with Crippen LogP contribution in [0.3, 0.4) is 0 Å². The average molecular weight is 485 g/mol. The third-order valence-corrected chi connectivity index (χ3v) is 6.21. The van der Waals surface area contributed by atoms with Crippen molar-refractivity contribution < 1.29 is 4.39 Å². The van der Waals surface area contributed by atoms with E-state index in [4.69, 9.17) is 18.0 Å². The Labute approximate surface area is 204 Å². The lowest BCUT2D eigenvalue weighted by Crippen LogP contribution is -2.27. The third kappa shape index (κ3) is 3.66. The molecule has 7 nitrogen and oxygen atoms in total. The summed E-state index contributed by atoms with van der Waals surface area (Å²) in [7, 11) is 3.23. The van der Waals surface area contributed by atoms with E-state index in [1.165, 1.54) is 27.7 Å². The highest BCUT2D eigenvalue weighted by Crippen LogP contribution is 2.41. The van der Waals surface area contributed by atoms with Gasteiger partial charge < -0.3 is 0 Å². The molecule has 0 fully saturated rings. The van der Waals surface area contributed by atoms with Gasteiger partial charge in [0.05, 0.1) is 11.9 Å². The summed E-state index contributed by atoms with van der Waals surface area (Å²) in [6.07, 6.45) is 8.31. The Morgan fingerprint density at radius 1 is 1.06 bits per heavy atom. The molecule has 0 N–H and O–H groups in total. The zero-order valence-corrected chi connectivity index (χ0v) is 19.5. The highest BCUT2D eigenvalue weighted by molar-refractivity contribution is 6.30. The summed E-state index contributed by atoms with van der Waals surface area (Å²) in [4.78, 5) is 21.7. The third-order valence-electron chi connectivity index (χ3n) is 5.95. The molecule has 0 bridgehead atoms. The molecule has 0 aliphatic carbocycles. The molecular weight excluding hydrogens is 467 g/mol. The first-order valence-corrected chi connectivity index (χ1v) is 10.9. The van der Waals surface area contributed by atoms with E-state index in [1.807, 2.05) is 0 Å². The van der Waals surface area contributed by atoms with Crippen molar-refractivity contribution >= 4 is 22.6 Å². The Hall–Kier alpha value is -4.35. The lowest BCUT2D eigenvalue weighted by Gasteiger charge is -2.26. The second-order valence-corrected chi connectivity index (χ2v) is 8.45. The molecule has 1 atom stereocenters. The second kappa shape index (κ2) is 8.46. The number of fused-ring (bicyclic) bond motifs is 1. The number of pyridine rings is 3.